The van der Waals surface area contributed by atoms with Crippen LogP contribution in [0.4, 0.5) is 0 Å². The largest absolute Gasteiger partial charge is 0.411 e. The van der Waals surface area contributed by atoms with E-state index in [1.807, 2.05) is 43.3 Å². The van der Waals surface area contributed by atoms with Crippen LogP contribution in [0.1, 0.15) is 19.4 Å². The van der Waals surface area contributed by atoms with Gasteiger partial charge in [0.05, 0.1) is 5.71 Å². The van der Waals surface area contributed by atoms with Gasteiger partial charge in [-0.3, -0.25) is 0 Å². The van der Waals surface area contributed by atoms with Crippen LogP contribution >= 0.6 is 0 Å². The van der Waals surface area contributed by atoms with Crippen LogP contribution < -0.4 is 0 Å². The number of rotatable bonds is 2. The highest BCUT2D eigenvalue weighted by Crippen LogP contribution is 2.15. The summed E-state index contributed by atoms with van der Waals surface area (Å²) in [4.78, 5) is 0. The van der Waals surface area contributed by atoms with Crippen LogP contribution in [0, 0.1) is 0 Å². The van der Waals surface area contributed by atoms with E-state index in [9.17, 15) is 0 Å². The normalized spacial score (nSPS) is 13.1. The molecule has 0 bridgehead atoms. The number of nitrogens with zero attached hydrogens (tertiary/aromatic N) is 1. The number of allylic oxidation sites excluding steroid dienone is 2. The standard InChI is InChI=1S/C11H13NO/c1-3-11(9(2)12-13)10-7-5-4-6-8-10/h3-8,13H,1-2H3/b11-3+,12-9+. The van der Waals surface area contributed by atoms with Gasteiger partial charge in [0.1, 0.15) is 0 Å². The Morgan fingerprint density at radius 2 is 1.92 bits per heavy atom. The van der Waals surface area contributed by atoms with Gasteiger partial charge in [-0.1, -0.05) is 41.6 Å². The molecule has 0 unspecified atom stereocenters. The number of oxime groups is 1. The van der Waals surface area contributed by atoms with Crippen molar-refractivity contribution in [2.24, 2.45) is 5.16 Å². The lowest BCUT2D eigenvalue weighted by Crippen LogP contribution is -1.96. The second-order valence-corrected chi connectivity index (χ2v) is 2.75. The summed E-state index contributed by atoms with van der Waals surface area (Å²) in [7, 11) is 0. The third-order valence-corrected chi connectivity index (χ3v) is 1.91. The average Bonchev–Trinajstić information content (AvgIpc) is 2.20. The second-order valence-electron chi connectivity index (χ2n) is 2.75. The molecule has 1 N–H and O–H groups in total. The van der Waals surface area contributed by atoms with Crippen LogP contribution in [0.2, 0.25) is 0 Å². The number of benzene rings is 1. The van der Waals surface area contributed by atoms with E-state index in [2.05, 4.69) is 5.16 Å². The lowest BCUT2D eigenvalue weighted by Gasteiger charge is -2.04. The monoisotopic (exact) mass is 175 g/mol. The summed E-state index contributed by atoms with van der Waals surface area (Å²) in [5, 5.41) is 11.8. The van der Waals surface area contributed by atoms with Crippen molar-refractivity contribution >= 4 is 11.3 Å². The molecule has 2 heteroatoms. The highest BCUT2D eigenvalue weighted by molar-refractivity contribution is 6.22. The summed E-state index contributed by atoms with van der Waals surface area (Å²) >= 11 is 0. The SMILES string of the molecule is C/C=C(\C(C)=N\O)c1ccccc1. The summed E-state index contributed by atoms with van der Waals surface area (Å²) in [5.41, 5.74) is 2.66. The average molecular weight is 175 g/mol. The lowest BCUT2D eigenvalue weighted by atomic mass is 10.0. The zero-order valence-electron chi connectivity index (χ0n) is 7.86. The topological polar surface area (TPSA) is 32.6 Å². The Morgan fingerprint density at radius 1 is 1.31 bits per heavy atom. The van der Waals surface area contributed by atoms with Crippen molar-refractivity contribution in [3.63, 3.8) is 0 Å². The molecule has 0 radical (unpaired) electrons. The molecule has 0 heterocycles. The molecule has 0 atom stereocenters. The summed E-state index contributed by atoms with van der Waals surface area (Å²) in [6, 6.07) is 9.86. The van der Waals surface area contributed by atoms with Gasteiger partial charge in [0.15, 0.2) is 0 Å². The molecular formula is C11H13NO. The molecule has 0 amide bonds. The van der Waals surface area contributed by atoms with E-state index in [1.165, 1.54) is 0 Å². The Morgan fingerprint density at radius 3 is 2.38 bits per heavy atom. The second kappa shape index (κ2) is 4.45. The van der Waals surface area contributed by atoms with Crippen molar-refractivity contribution in [1.29, 1.82) is 0 Å². The molecule has 68 valence electrons. The van der Waals surface area contributed by atoms with Crippen molar-refractivity contribution in [3.8, 4) is 0 Å². The highest BCUT2D eigenvalue weighted by atomic mass is 16.4. The number of hydrogen-bond acceptors (Lipinski definition) is 2. The summed E-state index contributed by atoms with van der Waals surface area (Å²) in [6.45, 7) is 3.71. The Balaban J connectivity index is 3.07. The van der Waals surface area contributed by atoms with Crippen LogP contribution in [0.3, 0.4) is 0 Å². The molecule has 0 aromatic heterocycles. The van der Waals surface area contributed by atoms with Gasteiger partial charge >= 0.3 is 0 Å². The predicted molar refractivity (Wildman–Crippen MR) is 55.0 cm³/mol. The van der Waals surface area contributed by atoms with Crippen LogP contribution in [-0.4, -0.2) is 10.9 Å². The maximum absolute atomic E-state index is 8.64. The minimum atomic E-state index is 0.633. The van der Waals surface area contributed by atoms with Gasteiger partial charge < -0.3 is 5.21 Å². The highest BCUT2D eigenvalue weighted by Gasteiger charge is 2.02. The van der Waals surface area contributed by atoms with Gasteiger partial charge in [0, 0.05) is 5.57 Å². The van der Waals surface area contributed by atoms with E-state index >= 15 is 0 Å². The zero-order chi connectivity index (χ0) is 9.68. The Labute approximate surface area is 78.2 Å². The fourth-order valence-corrected chi connectivity index (χ4v) is 1.26. The summed E-state index contributed by atoms with van der Waals surface area (Å²) in [6.07, 6.45) is 1.93. The summed E-state index contributed by atoms with van der Waals surface area (Å²) in [5.74, 6) is 0. The first-order valence-corrected chi connectivity index (χ1v) is 4.20. The molecule has 0 saturated carbocycles. The van der Waals surface area contributed by atoms with E-state index in [0.29, 0.717) is 5.71 Å². The maximum atomic E-state index is 8.64. The van der Waals surface area contributed by atoms with E-state index in [1.54, 1.807) is 6.92 Å². The van der Waals surface area contributed by atoms with Gasteiger partial charge in [0.25, 0.3) is 0 Å². The van der Waals surface area contributed by atoms with Crippen molar-refractivity contribution in [3.05, 3.63) is 42.0 Å². The van der Waals surface area contributed by atoms with Crippen LogP contribution in [0.5, 0.6) is 0 Å². The third kappa shape index (κ3) is 2.18. The predicted octanol–water partition coefficient (Wildman–Crippen LogP) is 2.94. The molecule has 2 nitrogen and oxygen atoms in total. The van der Waals surface area contributed by atoms with Gasteiger partial charge in [-0.05, 0) is 19.4 Å². The van der Waals surface area contributed by atoms with Crippen molar-refractivity contribution in [1.82, 2.24) is 0 Å². The number of hydrogen-bond donors (Lipinski definition) is 1. The summed E-state index contributed by atoms with van der Waals surface area (Å²) < 4.78 is 0. The first-order valence-electron chi connectivity index (χ1n) is 4.20. The van der Waals surface area contributed by atoms with Crippen LogP contribution in [-0.2, 0) is 0 Å². The van der Waals surface area contributed by atoms with Crippen LogP contribution in [0.25, 0.3) is 5.57 Å². The minimum Gasteiger partial charge on any atom is -0.411 e. The lowest BCUT2D eigenvalue weighted by molar-refractivity contribution is 0.319. The molecule has 0 aliphatic heterocycles. The Kier molecular flexibility index (Phi) is 3.26. The minimum absolute atomic E-state index is 0.633. The van der Waals surface area contributed by atoms with E-state index < -0.39 is 0 Å². The third-order valence-electron chi connectivity index (χ3n) is 1.91. The van der Waals surface area contributed by atoms with Crippen molar-refractivity contribution < 1.29 is 5.21 Å². The van der Waals surface area contributed by atoms with E-state index in [0.717, 1.165) is 11.1 Å². The molecular weight excluding hydrogens is 162 g/mol. The fraction of sp³-hybridized carbons (Fsp3) is 0.182. The molecule has 0 fully saturated rings. The Bertz CT molecular complexity index is 325. The van der Waals surface area contributed by atoms with E-state index in [-0.39, 0.29) is 0 Å². The molecule has 0 saturated heterocycles. The molecule has 0 aliphatic rings. The quantitative estimate of drug-likeness (QED) is 0.418. The van der Waals surface area contributed by atoms with Crippen molar-refractivity contribution in [2.75, 3.05) is 0 Å². The van der Waals surface area contributed by atoms with Gasteiger partial charge in [0.2, 0.25) is 0 Å². The molecule has 0 spiro atoms. The van der Waals surface area contributed by atoms with Crippen LogP contribution in [0.15, 0.2) is 41.6 Å². The van der Waals surface area contributed by atoms with E-state index in [4.69, 9.17) is 5.21 Å². The zero-order valence-corrected chi connectivity index (χ0v) is 7.86. The first-order chi connectivity index (χ1) is 6.29. The smallest absolute Gasteiger partial charge is 0.0839 e. The molecule has 0 aliphatic carbocycles. The molecule has 1 aromatic rings. The molecule has 1 rings (SSSR count). The van der Waals surface area contributed by atoms with Gasteiger partial charge in [-0.25, -0.2) is 0 Å². The molecule has 1 aromatic carbocycles. The van der Waals surface area contributed by atoms with Gasteiger partial charge in [-0.2, -0.15) is 0 Å². The fourth-order valence-electron chi connectivity index (χ4n) is 1.26. The molecule has 13 heavy (non-hydrogen) atoms. The van der Waals surface area contributed by atoms with Gasteiger partial charge in [-0.15, -0.1) is 0 Å². The first kappa shape index (κ1) is 9.52. The Hall–Kier alpha value is -1.57. The maximum Gasteiger partial charge on any atom is 0.0839 e. The van der Waals surface area contributed by atoms with Crippen molar-refractivity contribution in [2.45, 2.75) is 13.8 Å².